The van der Waals surface area contributed by atoms with Crippen LogP contribution in [-0.2, 0) is 10.0 Å². The Hall–Kier alpha value is -1.07. The van der Waals surface area contributed by atoms with Crippen LogP contribution in [0.2, 0.25) is 0 Å². The molecular formula is C11H16N2O2S. The number of sulfonamides is 1. The van der Waals surface area contributed by atoms with Crippen molar-refractivity contribution in [3.63, 3.8) is 0 Å². The molecule has 0 amide bonds. The van der Waals surface area contributed by atoms with Crippen LogP contribution in [0.4, 0.5) is 0 Å². The van der Waals surface area contributed by atoms with Crippen LogP contribution in [0.25, 0.3) is 0 Å². The molecule has 0 aromatic carbocycles. The van der Waals surface area contributed by atoms with Gasteiger partial charge < -0.3 is 5.32 Å². The average molecular weight is 240 g/mol. The summed E-state index contributed by atoms with van der Waals surface area (Å²) in [4.78, 5) is 0. The highest BCUT2D eigenvalue weighted by atomic mass is 32.2. The fourth-order valence-electron chi connectivity index (χ4n) is 1.93. The zero-order valence-electron chi connectivity index (χ0n) is 9.31. The molecule has 2 aliphatic rings. The van der Waals surface area contributed by atoms with E-state index in [0.717, 1.165) is 30.8 Å². The van der Waals surface area contributed by atoms with Crippen LogP contribution >= 0.6 is 0 Å². The summed E-state index contributed by atoms with van der Waals surface area (Å²) in [6.45, 7) is 2.16. The van der Waals surface area contributed by atoms with E-state index in [1.165, 1.54) is 10.6 Å². The molecule has 0 saturated heterocycles. The molecule has 0 saturated carbocycles. The largest absolute Gasteiger partial charge is 0.313 e. The monoisotopic (exact) mass is 240 g/mol. The number of nitrogens with zero attached hydrogens (tertiary/aromatic N) is 1. The van der Waals surface area contributed by atoms with Gasteiger partial charge in [0.2, 0.25) is 10.0 Å². The fraction of sp³-hybridized carbons (Fsp3) is 0.455. The fourth-order valence-corrected chi connectivity index (χ4v) is 2.83. The Morgan fingerprint density at radius 1 is 1.44 bits per heavy atom. The zero-order chi connectivity index (χ0) is 11.6. The molecule has 0 radical (unpaired) electrons. The predicted molar refractivity (Wildman–Crippen MR) is 64.3 cm³/mol. The van der Waals surface area contributed by atoms with Crippen LogP contribution in [0.15, 0.2) is 35.6 Å². The van der Waals surface area contributed by atoms with Gasteiger partial charge in [-0.2, -0.15) is 0 Å². The Morgan fingerprint density at radius 3 is 2.88 bits per heavy atom. The van der Waals surface area contributed by atoms with Crippen molar-refractivity contribution in [2.45, 2.75) is 6.42 Å². The molecule has 2 aliphatic heterocycles. The van der Waals surface area contributed by atoms with Crippen molar-refractivity contribution in [3.8, 4) is 0 Å². The third-order valence-corrected chi connectivity index (χ3v) is 3.87. The first-order valence-electron chi connectivity index (χ1n) is 5.34. The van der Waals surface area contributed by atoms with Crippen molar-refractivity contribution in [1.29, 1.82) is 0 Å². The highest BCUT2D eigenvalue weighted by Crippen LogP contribution is 2.24. The molecule has 0 aromatic heterocycles. The molecule has 16 heavy (non-hydrogen) atoms. The molecule has 1 N–H and O–H groups in total. The van der Waals surface area contributed by atoms with Gasteiger partial charge in [0.15, 0.2) is 0 Å². The Labute approximate surface area is 96.4 Å². The zero-order valence-corrected chi connectivity index (χ0v) is 10.1. The maximum atomic E-state index is 11.6. The lowest BCUT2D eigenvalue weighted by atomic mass is 10.0. The standard InChI is InChI=1S/C11H16N2O2S/c1-16(14,15)13-9-3-2-4-11(13)10-5-7-12-8-6-10/h2-5,12H,6-9H2,1H3. The SMILES string of the molecule is CS(=O)(=O)N1CC=CC=C1C1=CCNCC1. The lowest BCUT2D eigenvalue weighted by molar-refractivity contribution is 0.505. The third-order valence-electron chi connectivity index (χ3n) is 2.72. The van der Waals surface area contributed by atoms with Crippen LogP contribution in [0, 0.1) is 0 Å². The molecule has 2 rings (SSSR count). The molecule has 0 aliphatic carbocycles. The minimum absolute atomic E-state index is 0.440. The molecule has 0 unspecified atom stereocenters. The molecule has 88 valence electrons. The Bertz CT molecular complexity index is 460. The maximum Gasteiger partial charge on any atom is 0.232 e. The van der Waals surface area contributed by atoms with Crippen LogP contribution in [0.3, 0.4) is 0 Å². The molecule has 0 spiro atoms. The van der Waals surface area contributed by atoms with Crippen molar-refractivity contribution >= 4 is 10.0 Å². The summed E-state index contributed by atoms with van der Waals surface area (Å²) in [5.41, 5.74) is 1.94. The second-order valence-electron chi connectivity index (χ2n) is 3.96. The van der Waals surface area contributed by atoms with Gasteiger partial charge in [0, 0.05) is 6.54 Å². The van der Waals surface area contributed by atoms with Crippen molar-refractivity contribution < 1.29 is 8.42 Å². The van der Waals surface area contributed by atoms with Crippen LogP contribution in [0.5, 0.6) is 0 Å². The summed E-state index contributed by atoms with van der Waals surface area (Å²) in [6, 6.07) is 0. The molecule has 0 atom stereocenters. The number of rotatable bonds is 2. The minimum Gasteiger partial charge on any atom is -0.313 e. The molecule has 2 heterocycles. The van der Waals surface area contributed by atoms with Gasteiger partial charge in [-0.15, -0.1) is 0 Å². The summed E-state index contributed by atoms with van der Waals surface area (Å²) in [7, 11) is -3.17. The van der Waals surface area contributed by atoms with E-state index >= 15 is 0 Å². The third kappa shape index (κ3) is 2.36. The van der Waals surface area contributed by atoms with E-state index in [1.54, 1.807) is 0 Å². The van der Waals surface area contributed by atoms with Gasteiger partial charge in [-0.3, -0.25) is 4.31 Å². The average Bonchev–Trinajstić information content (AvgIpc) is 2.29. The highest BCUT2D eigenvalue weighted by Gasteiger charge is 2.23. The molecule has 0 aromatic rings. The van der Waals surface area contributed by atoms with Crippen LogP contribution in [0.1, 0.15) is 6.42 Å². The normalized spacial score (nSPS) is 21.7. The first-order valence-corrected chi connectivity index (χ1v) is 7.18. The van der Waals surface area contributed by atoms with Gasteiger partial charge in [0.1, 0.15) is 0 Å². The summed E-state index contributed by atoms with van der Waals surface area (Å²) in [5, 5.41) is 3.22. The van der Waals surface area contributed by atoms with Crippen molar-refractivity contribution in [3.05, 3.63) is 35.6 Å². The number of allylic oxidation sites excluding steroid dienone is 3. The topological polar surface area (TPSA) is 49.4 Å². The van der Waals surface area contributed by atoms with E-state index in [0.29, 0.717) is 6.54 Å². The molecular weight excluding hydrogens is 224 g/mol. The minimum atomic E-state index is -3.17. The quantitative estimate of drug-likeness (QED) is 0.770. The van der Waals surface area contributed by atoms with Gasteiger partial charge >= 0.3 is 0 Å². The molecule has 4 nitrogen and oxygen atoms in total. The first-order chi connectivity index (χ1) is 7.59. The first kappa shape index (κ1) is 11.4. The van der Waals surface area contributed by atoms with Gasteiger partial charge in [0.25, 0.3) is 0 Å². The highest BCUT2D eigenvalue weighted by molar-refractivity contribution is 7.88. The lowest BCUT2D eigenvalue weighted by Crippen LogP contribution is -2.33. The molecule has 0 bridgehead atoms. The van der Waals surface area contributed by atoms with Crippen molar-refractivity contribution in [2.75, 3.05) is 25.9 Å². The second-order valence-corrected chi connectivity index (χ2v) is 5.86. The lowest BCUT2D eigenvalue weighted by Gasteiger charge is -2.29. The Balaban J connectivity index is 2.32. The van der Waals surface area contributed by atoms with Crippen molar-refractivity contribution in [2.24, 2.45) is 0 Å². The van der Waals surface area contributed by atoms with E-state index in [4.69, 9.17) is 0 Å². The van der Waals surface area contributed by atoms with E-state index in [1.807, 2.05) is 18.2 Å². The van der Waals surface area contributed by atoms with Gasteiger partial charge in [-0.05, 0) is 24.6 Å². The number of hydrogen-bond acceptors (Lipinski definition) is 3. The summed E-state index contributed by atoms with van der Waals surface area (Å²) in [5.74, 6) is 0. The van der Waals surface area contributed by atoms with E-state index in [-0.39, 0.29) is 0 Å². The van der Waals surface area contributed by atoms with Gasteiger partial charge in [-0.25, -0.2) is 8.42 Å². The van der Waals surface area contributed by atoms with Crippen LogP contribution in [-0.4, -0.2) is 38.6 Å². The Morgan fingerprint density at radius 2 is 2.25 bits per heavy atom. The Kier molecular flexibility index (Phi) is 3.16. The molecule has 0 fully saturated rings. The maximum absolute atomic E-state index is 11.6. The van der Waals surface area contributed by atoms with Gasteiger partial charge in [-0.1, -0.05) is 18.2 Å². The summed E-state index contributed by atoms with van der Waals surface area (Å²) >= 11 is 0. The number of hydrogen-bond donors (Lipinski definition) is 1. The van der Waals surface area contributed by atoms with E-state index in [2.05, 4.69) is 11.4 Å². The number of nitrogens with one attached hydrogen (secondary N) is 1. The van der Waals surface area contributed by atoms with Gasteiger partial charge in [0.05, 0.1) is 18.5 Å². The summed E-state index contributed by atoms with van der Waals surface area (Å²) < 4.78 is 24.8. The van der Waals surface area contributed by atoms with Crippen LogP contribution < -0.4 is 5.32 Å². The van der Waals surface area contributed by atoms with E-state index in [9.17, 15) is 8.42 Å². The summed E-state index contributed by atoms with van der Waals surface area (Å²) in [6.07, 6.45) is 9.84. The second kappa shape index (κ2) is 4.43. The molecule has 5 heteroatoms. The smallest absolute Gasteiger partial charge is 0.232 e. The van der Waals surface area contributed by atoms with E-state index < -0.39 is 10.0 Å². The van der Waals surface area contributed by atoms with Crippen molar-refractivity contribution in [1.82, 2.24) is 9.62 Å². The predicted octanol–water partition coefficient (Wildman–Crippen LogP) is 0.621.